The molecule has 0 fully saturated rings. The average molecular weight is 417 g/mol. The van der Waals surface area contributed by atoms with E-state index in [-0.39, 0.29) is 0 Å². The number of nitrogens with zero attached hydrogens (tertiary/aromatic N) is 1. The van der Waals surface area contributed by atoms with Crippen molar-refractivity contribution in [3.63, 3.8) is 0 Å². The SMILES string of the molecule is CCc1nc2cc(C)c(OCCCOc3ccc(C(F)(F)F)cc3)c(C)c2cc1C. The minimum absolute atomic E-state index is 0.359. The van der Waals surface area contributed by atoms with Gasteiger partial charge in [0.05, 0.1) is 24.3 Å². The van der Waals surface area contributed by atoms with Gasteiger partial charge in [-0.05, 0) is 74.7 Å². The van der Waals surface area contributed by atoms with E-state index in [9.17, 15) is 13.2 Å². The van der Waals surface area contributed by atoms with Crippen molar-refractivity contribution in [2.75, 3.05) is 13.2 Å². The van der Waals surface area contributed by atoms with Crippen LogP contribution < -0.4 is 9.47 Å². The second kappa shape index (κ2) is 8.94. The first-order valence-corrected chi connectivity index (χ1v) is 10.0. The molecule has 3 nitrogen and oxygen atoms in total. The molecule has 3 aromatic rings. The molecule has 0 atom stereocenters. The summed E-state index contributed by atoms with van der Waals surface area (Å²) in [6.45, 7) is 9.03. The number of alkyl halides is 3. The molecule has 0 saturated heterocycles. The van der Waals surface area contributed by atoms with E-state index in [0.29, 0.717) is 25.4 Å². The summed E-state index contributed by atoms with van der Waals surface area (Å²) >= 11 is 0. The van der Waals surface area contributed by atoms with Crippen molar-refractivity contribution in [3.8, 4) is 11.5 Å². The molecule has 1 aromatic heterocycles. The number of aryl methyl sites for hydroxylation is 4. The highest BCUT2D eigenvalue weighted by atomic mass is 19.4. The molecule has 0 spiro atoms. The first-order chi connectivity index (χ1) is 14.2. The molecule has 0 bridgehead atoms. The fraction of sp³-hybridized carbons (Fsp3) is 0.375. The Kier molecular flexibility index (Phi) is 6.54. The number of rotatable bonds is 7. The quantitative estimate of drug-likeness (QED) is 0.407. The smallest absolute Gasteiger partial charge is 0.416 e. The number of ether oxygens (including phenoxy) is 2. The molecule has 0 unspecified atom stereocenters. The van der Waals surface area contributed by atoms with E-state index in [0.717, 1.165) is 52.0 Å². The Hall–Kier alpha value is -2.76. The number of aromatic nitrogens is 1. The van der Waals surface area contributed by atoms with Gasteiger partial charge in [0.1, 0.15) is 11.5 Å². The first kappa shape index (κ1) is 21.9. The van der Waals surface area contributed by atoms with Crippen LogP contribution in [0.3, 0.4) is 0 Å². The number of halogens is 3. The topological polar surface area (TPSA) is 31.4 Å². The van der Waals surface area contributed by atoms with Crippen LogP contribution in [0.15, 0.2) is 36.4 Å². The van der Waals surface area contributed by atoms with E-state index in [1.54, 1.807) is 0 Å². The van der Waals surface area contributed by atoms with Crippen LogP contribution in [0.2, 0.25) is 0 Å². The number of pyridine rings is 1. The van der Waals surface area contributed by atoms with Crippen molar-refractivity contribution in [1.82, 2.24) is 4.98 Å². The lowest BCUT2D eigenvalue weighted by molar-refractivity contribution is -0.137. The molecule has 0 N–H and O–H groups in total. The Morgan fingerprint density at radius 3 is 2.20 bits per heavy atom. The Bertz CT molecular complexity index is 1030. The zero-order valence-electron chi connectivity index (χ0n) is 17.7. The van der Waals surface area contributed by atoms with Crippen LogP contribution in [0.1, 0.15) is 41.3 Å². The van der Waals surface area contributed by atoms with Gasteiger partial charge in [0.25, 0.3) is 0 Å². The van der Waals surface area contributed by atoms with Gasteiger partial charge in [-0.3, -0.25) is 4.98 Å². The summed E-state index contributed by atoms with van der Waals surface area (Å²) in [6, 6.07) is 8.93. The van der Waals surface area contributed by atoms with Crippen molar-refractivity contribution in [2.45, 2.75) is 46.7 Å². The molecule has 0 saturated carbocycles. The van der Waals surface area contributed by atoms with Gasteiger partial charge >= 0.3 is 6.18 Å². The van der Waals surface area contributed by atoms with E-state index in [1.807, 2.05) is 13.8 Å². The third-order valence-electron chi connectivity index (χ3n) is 5.12. The van der Waals surface area contributed by atoms with Crippen LogP contribution >= 0.6 is 0 Å². The minimum atomic E-state index is -4.34. The van der Waals surface area contributed by atoms with Crippen molar-refractivity contribution in [3.05, 3.63) is 64.3 Å². The minimum Gasteiger partial charge on any atom is -0.493 e. The Labute approximate surface area is 174 Å². The molecule has 6 heteroatoms. The predicted molar refractivity (Wildman–Crippen MR) is 112 cm³/mol. The second-order valence-corrected chi connectivity index (χ2v) is 7.39. The van der Waals surface area contributed by atoms with Gasteiger partial charge in [-0.1, -0.05) is 6.92 Å². The monoisotopic (exact) mass is 417 g/mol. The molecular formula is C24H26F3NO2. The fourth-order valence-corrected chi connectivity index (χ4v) is 3.51. The summed E-state index contributed by atoms with van der Waals surface area (Å²) in [5.41, 5.74) is 4.67. The summed E-state index contributed by atoms with van der Waals surface area (Å²) in [5.74, 6) is 1.26. The molecule has 2 aromatic carbocycles. The van der Waals surface area contributed by atoms with E-state index in [4.69, 9.17) is 14.5 Å². The summed E-state index contributed by atoms with van der Waals surface area (Å²) in [5, 5.41) is 1.09. The second-order valence-electron chi connectivity index (χ2n) is 7.39. The fourth-order valence-electron chi connectivity index (χ4n) is 3.51. The lowest BCUT2D eigenvalue weighted by atomic mass is 10.0. The number of hydrogen-bond acceptors (Lipinski definition) is 3. The van der Waals surface area contributed by atoms with Crippen molar-refractivity contribution in [2.24, 2.45) is 0 Å². The van der Waals surface area contributed by atoms with Gasteiger partial charge in [-0.25, -0.2) is 0 Å². The summed E-state index contributed by atoms with van der Waals surface area (Å²) in [6.07, 6.45) is -2.82. The molecule has 0 aliphatic rings. The zero-order valence-corrected chi connectivity index (χ0v) is 17.7. The summed E-state index contributed by atoms with van der Waals surface area (Å²) in [7, 11) is 0. The molecule has 0 amide bonds. The standard InChI is InChI=1S/C24H26F3NO2/c1-5-21-15(2)13-20-17(4)23(16(3)14-22(20)28-21)30-12-6-11-29-19-9-7-18(8-10-19)24(25,26)27/h7-10,13-14H,5-6,11-12H2,1-4H3. The Morgan fingerprint density at radius 2 is 1.57 bits per heavy atom. The lowest BCUT2D eigenvalue weighted by Gasteiger charge is -2.16. The maximum Gasteiger partial charge on any atom is 0.416 e. The van der Waals surface area contributed by atoms with Gasteiger partial charge in [-0.15, -0.1) is 0 Å². The largest absolute Gasteiger partial charge is 0.493 e. The van der Waals surface area contributed by atoms with Gasteiger partial charge in [0.15, 0.2) is 0 Å². The van der Waals surface area contributed by atoms with Gasteiger partial charge in [0.2, 0.25) is 0 Å². The van der Waals surface area contributed by atoms with Gasteiger partial charge in [-0.2, -0.15) is 13.2 Å². The highest BCUT2D eigenvalue weighted by molar-refractivity contribution is 5.86. The van der Waals surface area contributed by atoms with Gasteiger partial charge < -0.3 is 9.47 Å². The Morgan fingerprint density at radius 1 is 0.900 bits per heavy atom. The summed E-state index contributed by atoms with van der Waals surface area (Å²) in [4.78, 5) is 4.77. The maximum absolute atomic E-state index is 12.6. The summed E-state index contributed by atoms with van der Waals surface area (Å²) < 4.78 is 49.3. The third kappa shape index (κ3) is 4.86. The van der Waals surface area contributed by atoms with E-state index < -0.39 is 11.7 Å². The molecule has 0 radical (unpaired) electrons. The van der Waals surface area contributed by atoms with Crippen molar-refractivity contribution >= 4 is 10.9 Å². The maximum atomic E-state index is 12.6. The van der Waals surface area contributed by atoms with Crippen LogP contribution in [0.5, 0.6) is 11.5 Å². The Balaban J connectivity index is 1.59. The molecule has 160 valence electrons. The van der Waals surface area contributed by atoms with Crippen LogP contribution in [0.25, 0.3) is 10.9 Å². The molecule has 0 aliphatic carbocycles. The third-order valence-corrected chi connectivity index (χ3v) is 5.12. The average Bonchev–Trinajstić information content (AvgIpc) is 2.70. The molecule has 3 rings (SSSR count). The van der Waals surface area contributed by atoms with E-state index in [1.165, 1.54) is 17.7 Å². The van der Waals surface area contributed by atoms with Crippen LogP contribution in [0, 0.1) is 20.8 Å². The highest BCUT2D eigenvalue weighted by Crippen LogP contribution is 2.32. The highest BCUT2D eigenvalue weighted by Gasteiger charge is 2.30. The van der Waals surface area contributed by atoms with Crippen LogP contribution in [-0.2, 0) is 12.6 Å². The number of benzene rings is 2. The zero-order chi connectivity index (χ0) is 21.9. The lowest BCUT2D eigenvalue weighted by Crippen LogP contribution is -2.08. The van der Waals surface area contributed by atoms with Crippen molar-refractivity contribution in [1.29, 1.82) is 0 Å². The van der Waals surface area contributed by atoms with Crippen LogP contribution in [-0.4, -0.2) is 18.2 Å². The normalized spacial score (nSPS) is 11.7. The molecule has 30 heavy (non-hydrogen) atoms. The predicted octanol–water partition coefficient (Wildman–Crippen LogP) is 6.59. The van der Waals surface area contributed by atoms with Gasteiger partial charge in [0, 0.05) is 23.1 Å². The molecule has 0 aliphatic heterocycles. The van der Waals surface area contributed by atoms with E-state index in [2.05, 4.69) is 26.0 Å². The molecular weight excluding hydrogens is 391 g/mol. The number of fused-ring (bicyclic) bond motifs is 1. The van der Waals surface area contributed by atoms with Crippen molar-refractivity contribution < 1.29 is 22.6 Å². The first-order valence-electron chi connectivity index (χ1n) is 10.0. The van der Waals surface area contributed by atoms with E-state index >= 15 is 0 Å². The molecule has 1 heterocycles. The number of hydrogen-bond donors (Lipinski definition) is 0. The van der Waals surface area contributed by atoms with Crippen LogP contribution in [0.4, 0.5) is 13.2 Å².